The summed E-state index contributed by atoms with van der Waals surface area (Å²) in [7, 11) is 1.33. The zero-order valence-corrected chi connectivity index (χ0v) is 12.5. The van der Waals surface area contributed by atoms with Crippen LogP contribution in [0.4, 0.5) is 0 Å². The Morgan fingerprint density at radius 1 is 0.800 bits per heavy atom. The molecule has 3 nitrogen and oxygen atoms in total. The molecule has 0 aliphatic carbocycles. The SMILES string of the molecule is CO[SiH](OC)OC(C(C)(C)C)C(C)(C)C. The third-order valence-corrected chi connectivity index (χ3v) is 3.47. The molecule has 0 aliphatic heterocycles. The summed E-state index contributed by atoms with van der Waals surface area (Å²) in [5, 5.41) is 0. The summed E-state index contributed by atoms with van der Waals surface area (Å²) in [6.07, 6.45) is 0.126. The minimum atomic E-state index is -1.95. The van der Waals surface area contributed by atoms with Crippen molar-refractivity contribution in [3.05, 3.63) is 0 Å². The van der Waals surface area contributed by atoms with Gasteiger partial charge in [-0.05, 0) is 10.8 Å². The normalized spacial score (nSPS) is 14.0. The molecular formula is C11H26O3Si. The first-order valence-electron chi connectivity index (χ1n) is 5.34. The second-order valence-corrected chi connectivity index (χ2v) is 7.80. The smallest absolute Gasteiger partial charge is 0.379 e. The summed E-state index contributed by atoms with van der Waals surface area (Å²) in [5.41, 5.74) is 0.168. The Bertz CT molecular complexity index is 163. The third kappa shape index (κ3) is 5.11. The quantitative estimate of drug-likeness (QED) is 0.699. The van der Waals surface area contributed by atoms with Crippen LogP contribution in [0.3, 0.4) is 0 Å². The van der Waals surface area contributed by atoms with Crippen molar-refractivity contribution < 1.29 is 13.3 Å². The number of hydrogen-bond acceptors (Lipinski definition) is 3. The molecule has 0 unspecified atom stereocenters. The van der Waals surface area contributed by atoms with Crippen LogP contribution in [0.15, 0.2) is 0 Å². The van der Waals surface area contributed by atoms with E-state index >= 15 is 0 Å². The van der Waals surface area contributed by atoms with Crippen molar-refractivity contribution in [1.82, 2.24) is 0 Å². The highest BCUT2D eigenvalue weighted by molar-refractivity contribution is 6.36. The molecule has 92 valence electrons. The largest absolute Gasteiger partial charge is 0.483 e. The molecule has 0 rings (SSSR count). The van der Waals surface area contributed by atoms with Crippen LogP contribution in [-0.2, 0) is 13.3 Å². The first-order chi connectivity index (χ1) is 6.62. The Morgan fingerprint density at radius 2 is 1.13 bits per heavy atom. The summed E-state index contributed by atoms with van der Waals surface area (Å²) in [6.45, 7) is 13.1. The van der Waals surface area contributed by atoms with Crippen LogP contribution in [0.25, 0.3) is 0 Å². The molecule has 0 saturated heterocycles. The van der Waals surface area contributed by atoms with Gasteiger partial charge in [-0.15, -0.1) is 0 Å². The van der Waals surface area contributed by atoms with Crippen molar-refractivity contribution in [1.29, 1.82) is 0 Å². The predicted octanol–water partition coefficient (Wildman–Crippen LogP) is 2.47. The summed E-state index contributed by atoms with van der Waals surface area (Å²) < 4.78 is 16.4. The summed E-state index contributed by atoms with van der Waals surface area (Å²) in [6, 6.07) is 0. The van der Waals surface area contributed by atoms with E-state index in [1.807, 2.05) is 0 Å². The van der Waals surface area contributed by atoms with Crippen LogP contribution in [0.5, 0.6) is 0 Å². The van der Waals surface area contributed by atoms with Crippen LogP contribution >= 0.6 is 0 Å². The van der Waals surface area contributed by atoms with Crippen molar-refractivity contribution in [2.75, 3.05) is 14.2 Å². The van der Waals surface area contributed by atoms with Gasteiger partial charge in [0.05, 0.1) is 6.10 Å². The first kappa shape index (κ1) is 15.1. The average Bonchev–Trinajstić information content (AvgIpc) is 2.01. The van der Waals surface area contributed by atoms with E-state index in [0.29, 0.717) is 0 Å². The topological polar surface area (TPSA) is 27.7 Å². The Balaban J connectivity index is 4.67. The molecule has 0 bridgehead atoms. The maximum absolute atomic E-state index is 5.97. The fourth-order valence-electron chi connectivity index (χ4n) is 2.03. The lowest BCUT2D eigenvalue weighted by atomic mass is 9.74. The summed E-state index contributed by atoms with van der Waals surface area (Å²) >= 11 is 0. The molecular weight excluding hydrogens is 208 g/mol. The Kier molecular flexibility index (Phi) is 5.47. The lowest BCUT2D eigenvalue weighted by Gasteiger charge is -2.41. The fourth-order valence-corrected chi connectivity index (χ4v) is 3.48. The first-order valence-corrected chi connectivity index (χ1v) is 6.75. The van der Waals surface area contributed by atoms with Gasteiger partial charge in [0.1, 0.15) is 0 Å². The van der Waals surface area contributed by atoms with Gasteiger partial charge < -0.3 is 13.3 Å². The van der Waals surface area contributed by atoms with Crippen molar-refractivity contribution >= 4 is 9.53 Å². The molecule has 0 radical (unpaired) electrons. The second-order valence-electron chi connectivity index (χ2n) is 6.01. The molecule has 0 atom stereocenters. The lowest BCUT2D eigenvalue weighted by Crippen LogP contribution is -2.45. The van der Waals surface area contributed by atoms with Gasteiger partial charge in [0.2, 0.25) is 0 Å². The van der Waals surface area contributed by atoms with Gasteiger partial charge >= 0.3 is 9.53 Å². The maximum atomic E-state index is 5.97. The molecule has 0 saturated carbocycles. The predicted molar refractivity (Wildman–Crippen MR) is 65.0 cm³/mol. The fraction of sp³-hybridized carbons (Fsp3) is 1.00. The van der Waals surface area contributed by atoms with E-state index in [9.17, 15) is 0 Å². The average molecular weight is 234 g/mol. The van der Waals surface area contributed by atoms with E-state index in [4.69, 9.17) is 13.3 Å². The monoisotopic (exact) mass is 234 g/mol. The molecule has 0 spiro atoms. The van der Waals surface area contributed by atoms with Crippen LogP contribution < -0.4 is 0 Å². The highest BCUT2D eigenvalue weighted by Gasteiger charge is 2.38. The van der Waals surface area contributed by atoms with E-state index < -0.39 is 9.53 Å². The molecule has 0 heterocycles. The van der Waals surface area contributed by atoms with Gasteiger partial charge in [-0.2, -0.15) is 0 Å². The lowest BCUT2D eigenvalue weighted by molar-refractivity contribution is -0.0405. The van der Waals surface area contributed by atoms with Crippen molar-refractivity contribution in [2.24, 2.45) is 10.8 Å². The van der Waals surface area contributed by atoms with Crippen LogP contribution in [0.1, 0.15) is 41.5 Å². The number of hydrogen-bond donors (Lipinski definition) is 0. The van der Waals surface area contributed by atoms with Gasteiger partial charge in [0, 0.05) is 14.2 Å². The van der Waals surface area contributed by atoms with E-state index in [1.165, 1.54) is 0 Å². The van der Waals surface area contributed by atoms with Gasteiger partial charge in [0.15, 0.2) is 0 Å². The van der Waals surface area contributed by atoms with Gasteiger partial charge in [-0.25, -0.2) is 0 Å². The highest BCUT2D eigenvalue weighted by atomic mass is 28.3. The molecule has 0 N–H and O–H groups in total. The molecule has 0 aromatic rings. The molecule has 0 fully saturated rings. The van der Waals surface area contributed by atoms with Gasteiger partial charge in [0.25, 0.3) is 0 Å². The molecule has 4 heteroatoms. The van der Waals surface area contributed by atoms with Crippen molar-refractivity contribution in [3.63, 3.8) is 0 Å². The maximum Gasteiger partial charge on any atom is 0.483 e. The van der Waals surface area contributed by atoms with E-state index in [2.05, 4.69) is 41.5 Å². The minimum Gasteiger partial charge on any atom is -0.379 e. The standard InChI is InChI=1S/C11H26O3Si/c1-10(2,3)9(11(4,5)6)14-15(12-7)13-8/h9,15H,1-8H3. The molecule has 0 aromatic heterocycles. The zero-order chi connectivity index (χ0) is 12.3. The molecule has 15 heavy (non-hydrogen) atoms. The van der Waals surface area contributed by atoms with E-state index in [-0.39, 0.29) is 16.9 Å². The summed E-state index contributed by atoms with van der Waals surface area (Å²) in [5.74, 6) is 0. The van der Waals surface area contributed by atoms with Gasteiger partial charge in [-0.1, -0.05) is 41.5 Å². The highest BCUT2D eigenvalue weighted by Crippen LogP contribution is 2.36. The van der Waals surface area contributed by atoms with E-state index in [0.717, 1.165) is 0 Å². The third-order valence-electron chi connectivity index (χ3n) is 2.21. The van der Waals surface area contributed by atoms with Crippen LogP contribution in [0.2, 0.25) is 0 Å². The Hall–Kier alpha value is 0.0969. The Morgan fingerprint density at radius 3 is 1.33 bits per heavy atom. The molecule has 0 amide bonds. The van der Waals surface area contributed by atoms with Gasteiger partial charge in [-0.3, -0.25) is 0 Å². The molecule has 0 aromatic carbocycles. The summed E-state index contributed by atoms with van der Waals surface area (Å²) in [4.78, 5) is 0. The van der Waals surface area contributed by atoms with Crippen molar-refractivity contribution in [3.8, 4) is 0 Å². The minimum absolute atomic E-state index is 0.0839. The molecule has 0 aliphatic rings. The van der Waals surface area contributed by atoms with Crippen LogP contribution in [-0.4, -0.2) is 29.9 Å². The van der Waals surface area contributed by atoms with Crippen molar-refractivity contribution in [2.45, 2.75) is 47.6 Å². The van der Waals surface area contributed by atoms with Crippen LogP contribution in [0, 0.1) is 10.8 Å². The second kappa shape index (κ2) is 5.43. The van der Waals surface area contributed by atoms with E-state index in [1.54, 1.807) is 14.2 Å². The Labute approximate surface area is 96.1 Å². The number of rotatable bonds is 4. The zero-order valence-electron chi connectivity index (χ0n) is 11.4.